The van der Waals surface area contributed by atoms with Crippen LogP contribution in [0.5, 0.6) is 0 Å². The first-order valence-electron chi connectivity index (χ1n) is 12.6. The minimum Gasteiger partial charge on any atom is -0.466 e. The van der Waals surface area contributed by atoms with Crippen LogP contribution in [-0.2, 0) is 30.5 Å². The van der Waals surface area contributed by atoms with Gasteiger partial charge in [0.1, 0.15) is 25.4 Å². The van der Waals surface area contributed by atoms with Crippen LogP contribution in [0, 0.1) is 5.41 Å². The Bertz CT molecular complexity index is 978. The third kappa shape index (κ3) is 5.03. The van der Waals surface area contributed by atoms with Crippen LogP contribution in [-0.4, -0.2) is 71.1 Å². The first kappa shape index (κ1) is 25.9. The Morgan fingerprint density at radius 3 is 2.28 bits per heavy atom. The van der Waals surface area contributed by atoms with Crippen molar-refractivity contribution in [2.75, 3.05) is 19.7 Å². The average Bonchev–Trinajstić information content (AvgIpc) is 3.29. The Hall–Kier alpha value is -3.17. The van der Waals surface area contributed by atoms with Crippen molar-refractivity contribution in [2.24, 2.45) is 11.1 Å². The number of benzene rings is 1. The number of primary amides is 1. The monoisotopic (exact) mass is 503 g/mol. The van der Waals surface area contributed by atoms with Gasteiger partial charge in [0, 0.05) is 12.0 Å². The van der Waals surface area contributed by atoms with Gasteiger partial charge in [0.25, 0.3) is 0 Å². The van der Waals surface area contributed by atoms with Crippen LogP contribution < -0.4 is 5.73 Å². The van der Waals surface area contributed by atoms with Crippen molar-refractivity contribution in [1.29, 1.82) is 0 Å². The minimum atomic E-state index is -1.35. The summed E-state index contributed by atoms with van der Waals surface area (Å²) in [6.45, 7) is 1.53. The standard InChI is InChI=1S/C26H34FN3O6/c1-2-35-23(33)25-8-11-26(12-9-25,13-10-25)30(24(34)36-17-18-6-4-3-5-7-18)16-21(31)29-15-19(27)14-20(29)22(28)32/h3-7,19-20H,2,8-17H2,1H3,(H2,28,32)/t19-,20?,25?,26?/m0/s1. The number of esters is 1. The maximum atomic E-state index is 14.1. The summed E-state index contributed by atoms with van der Waals surface area (Å²) in [5.74, 6) is -1.52. The highest BCUT2D eigenvalue weighted by Crippen LogP contribution is 2.55. The van der Waals surface area contributed by atoms with E-state index in [-0.39, 0.29) is 32.1 Å². The van der Waals surface area contributed by atoms with Gasteiger partial charge in [-0.25, -0.2) is 9.18 Å². The normalized spacial score (nSPS) is 29.0. The van der Waals surface area contributed by atoms with Gasteiger partial charge >= 0.3 is 12.1 Å². The van der Waals surface area contributed by atoms with E-state index in [2.05, 4.69) is 0 Å². The molecule has 36 heavy (non-hydrogen) atoms. The fraction of sp³-hybridized carbons (Fsp3) is 0.615. The first-order chi connectivity index (χ1) is 17.2. The maximum Gasteiger partial charge on any atom is 0.411 e. The van der Waals surface area contributed by atoms with E-state index in [1.807, 2.05) is 30.3 Å². The number of alkyl halides is 1. The number of rotatable bonds is 8. The number of likely N-dealkylation sites (tertiary alicyclic amines) is 1. The van der Waals surface area contributed by atoms with E-state index in [1.165, 1.54) is 4.90 Å². The van der Waals surface area contributed by atoms with Crippen LogP contribution in [0.1, 0.15) is 57.4 Å². The topological polar surface area (TPSA) is 119 Å². The quantitative estimate of drug-likeness (QED) is 0.545. The maximum absolute atomic E-state index is 14.1. The van der Waals surface area contributed by atoms with Gasteiger partial charge in [0.2, 0.25) is 11.8 Å². The Morgan fingerprint density at radius 2 is 1.69 bits per heavy atom. The molecule has 9 nitrogen and oxygen atoms in total. The van der Waals surface area contributed by atoms with E-state index in [4.69, 9.17) is 15.2 Å². The number of hydrogen-bond acceptors (Lipinski definition) is 6. The lowest BCUT2D eigenvalue weighted by Crippen LogP contribution is -2.62. The lowest BCUT2D eigenvalue weighted by molar-refractivity contribution is -0.167. The molecule has 1 saturated heterocycles. The number of carbonyl (C=O) groups is 4. The van der Waals surface area contributed by atoms with Crippen LogP contribution >= 0.6 is 0 Å². The molecule has 1 aliphatic heterocycles. The van der Waals surface area contributed by atoms with Gasteiger partial charge in [-0.1, -0.05) is 30.3 Å². The molecule has 3 saturated carbocycles. The van der Waals surface area contributed by atoms with E-state index in [0.29, 0.717) is 45.1 Å². The molecule has 4 fully saturated rings. The molecule has 196 valence electrons. The molecule has 10 heteroatoms. The van der Waals surface area contributed by atoms with Gasteiger partial charge < -0.3 is 20.1 Å². The lowest BCUT2D eigenvalue weighted by atomic mass is 9.56. The number of hydrogen-bond donors (Lipinski definition) is 1. The van der Waals surface area contributed by atoms with E-state index in [1.54, 1.807) is 6.92 Å². The van der Waals surface area contributed by atoms with Crippen molar-refractivity contribution in [1.82, 2.24) is 9.80 Å². The number of carbonyl (C=O) groups excluding carboxylic acids is 4. The highest BCUT2D eigenvalue weighted by atomic mass is 19.1. The molecule has 1 aromatic carbocycles. The summed E-state index contributed by atoms with van der Waals surface area (Å²) in [6.07, 6.45) is 1.04. The molecular weight excluding hydrogens is 469 g/mol. The van der Waals surface area contributed by atoms with Crippen molar-refractivity contribution in [3.8, 4) is 0 Å². The zero-order chi connectivity index (χ0) is 25.9. The fourth-order valence-corrected chi connectivity index (χ4v) is 5.94. The number of nitrogens with zero attached hydrogens (tertiary/aromatic N) is 2. The van der Waals surface area contributed by atoms with Crippen LogP contribution in [0.25, 0.3) is 0 Å². The largest absolute Gasteiger partial charge is 0.466 e. The summed E-state index contributed by atoms with van der Waals surface area (Å²) in [4.78, 5) is 53.8. The van der Waals surface area contributed by atoms with Crippen LogP contribution in [0.15, 0.2) is 30.3 Å². The SMILES string of the molecule is CCOC(=O)C12CCC(N(CC(=O)N3C[C@@H](F)CC3C(N)=O)C(=O)OCc3ccccc3)(CC1)CC2. The molecule has 2 atom stereocenters. The molecule has 2 bridgehead atoms. The molecule has 2 N–H and O–H groups in total. The Labute approximate surface area is 210 Å². The van der Waals surface area contributed by atoms with Crippen molar-refractivity contribution >= 4 is 23.9 Å². The van der Waals surface area contributed by atoms with Crippen LogP contribution in [0.3, 0.4) is 0 Å². The van der Waals surface area contributed by atoms with Gasteiger partial charge in [-0.3, -0.25) is 19.3 Å². The third-order valence-corrected chi connectivity index (χ3v) is 8.11. The number of ether oxygens (including phenoxy) is 2. The predicted molar refractivity (Wildman–Crippen MR) is 127 cm³/mol. The van der Waals surface area contributed by atoms with Gasteiger partial charge in [-0.2, -0.15) is 0 Å². The average molecular weight is 504 g/mol. The van der Waals surface area contributed by atoms with Crippen LogP contribution in [0.4, 0.5) is 9.18 Å². The Kier molecular flexibility index (Phi) is 7.51. The van der Waals surface area contributed by atoms with Gasteiger partial charge in [0.15, 0.2) is 0 Å². The lowest BCUT2D eigenvalue weighted by Gasteiger charge is -2.55. The molecular formula is C26H34FN3O6. The number of nitrogens with two attached hydrogens (primary N) is 1. The molecule has 3 amide bonds. The minimum absolute atomic E-state index is 0.0351. The third-order valence-electron chi connectivity index (χ3n) is 8.11. The number of amides is 3. The van der Waals surface area contributed by atoms with E-state index >= 15 is 0 Å². The van der Waals surface area contributed by atoms with Crippen molar-refractivity contribution in [2.45, 2.75) is 76.2 Å². The predicted octanol–water partition coefficient (Wildman–Crippen LogP) is 2.71. The smallest absolute Gasteiger partial charge is 0.411 e. The summed E-state index contributed by atoms with van der Waals surface area (Å²) in [6, 6.07) is 8.16. The Morgan fingerprint density at radius 1 is 1.06 bits per heavy atom. The highest BCUT2D eigenvalue weighted by molar-refractivity contribution is 5.89. The summed E-state index contributed by atoms with van der Waals surface area (Å²) in [5.41, 5.74) is 4.98. The van der Waals surface area contributed by atoms with Crippen molar-refractivity contribution in [3.63, 3.8) is 0 Å². The zero-order valence-electron chi connectivity index (χ0n) is 20.6. The van der Waals surface area contributed by atoms with Gasteiger partial charge in [0.05, 0.1) is 18.6 Å². The second kappa shape index (κ2) is 10.4. The fourth-order valence-electron chi connectivity index (χ4n) is 5.94. The summed E-state index contributed by atoms with van der Waals surface area (Å²) in [7, 11) is 0. The van der Waals surface area contributed by atoms with Crippen LogP contribution in [0.2, 0.25) is 0 Å². The molecule has 4 aliphatic rings. The number of fused-ring (bicyclic) bond motifs is 3. The summed E-state index contributed by atoms with van der Waals surface area (Å²) in [5, 5.41) is 0. The van der Waals surface area contributed by atoms with Gasteiger partial charge in [-0.05, 0) is 51.0 Å². The van der Waals surface area contributed by atoms with Crippen molar-refractivity contribution in [3.05, 3.63) is 35.9 Å². The summed E-state index contributed by atoms with van der Waals surface area (Å²) >= 11 is 0. The highest BCUT2D eigenvalue weighted by Gasteiger charge is 2.57. The van der Waals surface area contributed by atoms with E-state index in [9.17, 15) is 23.6 Å². The van der Waals surface area contributed by atoms with Crippen molar-refractivity contribution < 1.29 is 33.0 Å². The second-order valence-corrected chi connectivity index (χ2v) is 10.1. The Balaban J connectivity index is 1.54. The molecule has 1 heterocycles. The molecule has 1 unspecified atom stereocenters. The molecule has 0 spiro atoms. The second-order valence-electron chi connectivity index (χ2n) is 10.1. The summed E-state index contributed by atoms with van der Waals surface area (Å²) < 4.78 is 25.0. The number of halogens is 1. The molecule has 0 aromatic heterocycles. The first-order valence-corrected chi connectivity index (χ1v) is 12.6. The zero-order valence-corrected chi connectivity index (χ0v) is 20.6. The molecule has 3 aliphatic carbocycles. The van der Waals surface area contributed by atoms with Gasteiger partial charge in [-0.15, -0.1) is 0 Å². The molecule has 1 aromatic rings. The van der Waals surface area contributed by atoms with E-state index in [0.717, 1.165) is 10.5 Å². The molecule has 5 rings (SSSR count). The molecule has 0 radical (unpaired) electrons. The van der Waals surface area contributed by atoms with E-state index < -0.39 is 41.1 Å².